The highest BCUT2D eigenvalue weighted by molar-refractivity contribution is 9.10. The third kappa shape index (κ3) is 3.38. The van der Waals surface area contributed by atoms with Crippen molar-refractivity contribution in [2.45, 2.75) is 19.5 Å². The predicted octanol–water partition coefficient (Wildman–Crippen LogP) is 3.16. The number of benzene rings is 1. The minimum atomic E-state index is -4.59. The van der Waals surface area contributed by atoms with Crippen molar-refractivity contribution >= 4 is 27.6 Å². The van der Waals surface area contributed by atoms with E-state index in [4.69, 9.17) is 5.73 Å². The van der Waals surface area contributed by atoms with Gasteiger partial charge in [-0.15, -0.1) is 0 Å². The third-order valence-corrected chi connectivity index (χ3v) is 2.87. The highest BCUT2D eigenvalue weighted by atomic mass is 79.9. The molecule has 1 aromatic rings. The summed E-state index contributed by atoms with van der Waals surface area (Å²) in [5, 5.41) is 0. The number of nitrogen functional groups attached to an aromatic ring is 1. The number of anilines is 1. The first-order valence-electron chi connectivity index (χ1n) is 5.07. The Labute approximate surface area is 110 Å². The fourth-order valence-corrected chi connectivity index (χ4v) is 2.08. The first-order chi connectivity index (χ1) is 8.27. The number of alkyl halides is 3. The molecular weight excluding hydrogens is 315 g/mol. The molecule has 0 amide bonds. The number of carbonyl (C=O) groups is 1. The summed E-state index contributed by atoms with van der Waals surface area (Å²) in [6.07, 6.45) is -5.09. The summed E-state index contributed by atoms with van der Waals surface area (Å²) in [6.45, 7) is 1.68. The van der Waals surface area contributed by atoms with Crippen LogP contribution in [0.3, 0.4) is 0 Å². The first kappa shape index (κ1) is 14.8. The maximum absolute atomic E-state index is 12.9. The number of rotatable bonds is 3. The summed E-state index contributed by atoms with van der Waals surface area (Å²) < 4.78 is 43.1. The van der Waals surface area contributed by atoms with E-state index in [2.05, 4.69) is 20.7 Å². The molecule has 0 aliphatic heterocycles. The van der Waals surface area contributed by atoms with Crippen LogP contribution in [0.2, 0.25) is 0 Å². The lowest BCUT2D eigenvalue weighted by Crippen LogP contribution is -2.17. The first-order valence-corrected chi connectivity index (χ1v) is 5.86. The minimum Gasteiger partial charge on any atom is -0.466 e. The van der Waals surface area contributed by atoms with Crippen molar-refractivity contribution in [3.63, 3.8) is 0 Å². The Morgan fingerprint density at radius 2 is 2.06 bits per heavy atom. The lowest BCUT2D eigenvalue weighted by atomic mass is 10.0. The van der Waals surface area contributed by atoms with Crippen molar-refractivity contribution in [1.82, 2.24) is 0 Å². The summed E-state index contributed by atoms with van der Waals surface area (Å²) in [5.74, 6) is -0.743. The van der Waals surface area contributed by atoms with Crippen LogP contribution in [0.4, 0.5) is 18.9 Å². The van der Waals surface area contributed by atoms with Gasteiger partial charge >= 0.3 is 12.1 Å². The van der Waals surface area contributed by atoms with Crippen LogP contribution in [0.25, 0.3) is 0 Å². The number of halogens is 4. The maximum atomic E-state index is 12.9. The Kier molecular flexibility index (Phi) is 4.61. The van der Waals surface area contributed by atoms with Crippen LogP contribution in [0.5, 0.6) is 0 Å². The van der Waals surface area contributed by atoms with E-state index in [0.29, 0.717) is 0 Å². The smallest absolute Gasteiger partial charge is 0.417 e. The van der Waals surface area contributed by atoms with Gasteiger partial charge in [0, 0.05) is 10.2 Å². The second kappa shape index (κ2) is 5.60. The summed E-state index contributed by atoms with van der Waals surface area (Å²) in [6, 6.07) is 2.51. The quantitative estimate of drug-likeness (QED) is 0.686. The second-order valence-corrected chi connectivity index (χ2v) is 4.32. The van der Waals surface area contributed by atoms with Gasteiger partial charge in [-0.1, -0.05) is 15.9 Å². The zero-order valence-electron chi connectivity index (χ0n) is 9.47. The van der Waals surface area contributed by atoms with Crippen LogP contribution < -0.4 is 5.73 Å². The molecule has 0 fully saturated rings. The van der Waals surface area contributed by atoms with Crippen molar-refractivity contribution in [1.29, 1.82) is 0 Å². The average Bonchev–Trinajstić information content (AvgIpc) is 2.22. The second-order valence-electron chi connectivity index (χ2n) is 3.47. The van der Waals surface area contributed by atoms with Gasteiger partial charge in [-0.05, 0) is 24.6 Å². The predicted molar refractivity (Wildman–Crippen MR) is 63.9 cm³/mol. The number of ether oxygens (including phenoxy) is 1. The van der Waals surface area contributed by atoms with E-state index in [-0.39, 0.29) is 22.3 Å². The minimum absolute atomic E-state index is 0.0846. The van der Waals surface area contributed by atoms with E-state index in [0.717, 1.165) is 0 Å². The molecule has 1 rings (SSSR count). The summed E-state index contributed by atoms with van der Waals surface area (Å²) in [7, 11) is 0. The molecule has 0 aromatic heterocycles. The number of nitrogens with two attached hydrogens (primary N) is 1. The van der Waals surface area contributed by atoms with E-state index >= 15 is 0 Å². The highest BCUT2D eigenvalue weighted by Crippen LogP contribution is 2.39. The van der Waals surface area contributed by atoms with E-state index in [9.17, 15) is 18.0 Å². The van der Waals surface area contributed by atoms with Crippen LogP contribution in [-0.4, -0.2) is 12.6 Å². The van der Waals surface area contributed by atoms with Gasteiger partial charge in [-0.3, -0.25) is 4.79 Å². The standard InChI is InChI=1S/C11H11BrF3NO2/c1-2-18-9(17)5-6-8(16)4-3-7(12)10(6)11(13,14)15/h3-4H,2,5,16H2,1H3. The SMILES string of the molecule is CCOC(=O)Cc1c(N)ccc(Br)c1C(F)(F)F. The number of hydrogen-bond donors (Lipinski definition) is 1. The molecule has 0 atom stereocenters. The van der Waals surface area contributed by atoms with Gasteiger partial charge in [-0.2, -0.15) is 13.2 Å². The summed E-state index contributed by atoms with van der Waals surface area (Å²) in [5.41, 5.74) is 4.22. The molecule has 18 heavy (non-hydrogen) atoms. The van der Waals surface area contributed by atoms with Gasteiger partial charge in [0.25, 0.3) is 0 Å². The van der Waals surface area contributed by atoms with Crippen LogP contribution in [0, 0.1) is 0 Å². The van der Waals surface area contributed by atoms with Gasteiger partial charge in [0.1, 0.15) is 0 Å². The fraction of sp³-hybridized carbons (Fsp3) is 0.364. The molecule has 0 saturated heterocycles. The van der Waals surface area contributed by atoms with Gasteiger partial charge in [0.05, 0.1) is 18.6 Å². The van der Waals surface area contributed by atoms with Gasteiger partial charge < -0.3 is 10.5 Å². The Hall–Kier alpha value is -1.24. The Morgan fingerprint density at radius 3 is 2.56 bits per heavy atom. The van der Waals surface area contributed by atoms with E-state index in [1.54, 1.807) is 6.92 Å². The van der Waals surface area contributed by atoms with E-state index < -0.39 is 24.1 Å². The molecule has 0 unspecified atom stereocenters. The monoisotopic (exact) mass is 325 g/mol. The molecule has 0 saturated carbocycles. The molecule has 3 nitrogen and oxygen atoms in total. The lowest BCUT2D eigenvalue weighted by Gasteiger charge is -2.16. The zero-order valence-corrected chi connectivity index (χ0v) is 11.1. The number of esters is 1. The molecule has 2 N–H and O–H groups in total. The molecule has 0 radical (unpaired) electrons. The van der Waals surface area contributed by atoms with Crippen LogP contribution in [0.15, 0.2) is 16.6 Å². The molecule has 7 heteroatoms. The summed E-state index contributed by atoms with van der Waals surface area (Å²) >= 11 is 2.82. The van der Waals surface area contributed by atoms with Crippen LogP contribution in [0.1, 0.15) is 18.1 Å². The Bertz CT molecular complexity index is 460. The van der Waals surface area contributed by atoms with Crippen molar-refractivity contribution in [2.75, 3.05) is 12.3 Å². The van der Waals surface area contributed by atoms with Crippen molar-refractivity contribution < 1.29 is 22.7 Å². The highest BCUT2D eigenvalue weighted by Gasteiger charge is 2.37. The van der Waals surface area contributed by atoms with Crippen molar-refractivity contribution in [2.24, 2.45) is 0 Å². The Morgan fingerprint density at radius 1 is 1.44 bits per heavy atom. The van der Waals surface area contributed by atoms with Crippen molar-refractivity contribution in [3.8, 4) is 0 Å². The topological polar surface area (TPSA) is 52.3 Å². The molecule has 0 aliphatic carbocycles. The zero-order chi connectivity index (χ0) is 13.9. The van der Waals surface area contributed by atoms with Crippen LogP contribution in [-0.2, 0) is 22.1 Å². The van der Waals surface area contributed by atoms with Gasteiger partial charge in [0.15, 0.2) is 0 Å². The van der Waals surface area contributed by atoms with Crippen molar-refractivity contribution in [3.05, 3.63) is 27.7 Å². The number of carbonyl (C=O) groups excluding carboxylic acids is 1. The van der Waals surface area contributed by atoms with E-state index in [1.807, 2.05) is 0 Å². The molecule has 0 spiro atoms. The van der Waals surface area contributed by atoms with Gasteiger partial charge in [0.2, 0.25) is 0 Å². The molecule has 1 aromatic carbocycles. The summed E-state index contributed by atoms with van der Waals surface area (Å²) in [4.78, 5) is 11.3. The lowest BCUT2D eigenvalue weighted by molar-refractivity contribution is -0.143. The molecular formula is C11H11BrF3NO2. The maximum Gasteiger partial charge on any atom is 0.417 e. The normalized spacial score (nSPS) is 11.4. The van der Waals surface area contributed by atoms with Gasteiger partial charge in [-0.25, -0.2) is 0 Å². The molecule has 100 valence electrons. The number of hydrogen-bond acceptors (Lipinski definition) is 3. The fourth-order valence-electron chi connectivity index (χ4n) is 1.49. The largest absolute Gasteiger partial charge is 0.466 e. The molecule has 0 heterocycles. The van der Waals surface area contributed by atoms with Crippen LogP contribution >= 0.6 is 15.9 Å². The Balaban J connectivity index is 3.24. The third-order valence-electron chi connectivity index (χ3n) is 2.21. The average molecular weight is 326 g/mol. The molecule has 0 bridgehead atoms. The molecule has 0 aliphatic rings. The van der Waals surface area contributed by atoms with E-state index in [1.165, 1.54) is 12.1 Å².